The van der Waals surface area contributed by atoms with Crippen LogP contribution >= 0.6 is 19.6 Å². The summed E-state index contributed by atoms with van der Waals surface area (Å²) in [6.45, 7) is -0.102. The molecule has 0 saturated heterocycles. The number of phosphoric ester groups is 1. The highest BCUT2D eigenvalue weighted by molar-refractivity contribution is 7.99. The van der Waals surface area contributed by atoms with Crippen LogP contribution in [0.4, 0.5) is 0 Å². The van der Waals surface area contributed by atoms with Crippen LogP contribution in [-0.2, 0) is 21.9 Å². The zero-order valence-electron chi connectivity index (χ0n) is 16.9. The average Bonchev–Trinajstić information content (AvgIpc) is 3.13. The molecule has 2 aliphatic carbocycles. The molecule has 1 fully saturated rings. The number of aryl methyl sites for hydroxylation is 1. The van der Waals surface area contributed by atoms with Crippen molar-refractivity contribution in [2.45, 2.75) is 54.9 Å². The minimum Gasteiger partial charge on any atom is -0.323 e. The van der Waals surface area contributed by atoms with E-state index >= 15 is 0 Å². The molecule has 0 amide bonds. The van der Waals surface area contributed by atoms with Crippen LogP contribution < -0.4 is 5.73 Å². The summed E-state index contributed by atoms with van der Waals surface area (Å²) in [5.41, 5.74) is 9.87. The third kappa shape index (κ3) is 5.72. The molecule has 1 heterocycles. The van der Waals surface area contributed by atoms with E-state index in [1.807, 2.05) is 30.2 Å². The van der Waals surface area contributed by atoms with Gasteiger partial charge in [-0.25, -0.2) is 4.57 Å². The number of nitrogens with two attached hydrogens (primary N) is 1. The van der Waals surface area contributed by atoms with Gasteiger partial charge in [-0.1, -0.05) is 18.2 Å². The highest BCUT2D eigenvalue weighted by atomic mass is 32.2. The first-order valence-electron chi connectivity index (χ1n) is 10.4. The van der Waals surface area contributed by atoms with Crippen LogP contribution in [0.5, 0.6) is 0 Å². The van der Waals surface area contributed by atoms with E-state index in [-0.39, 0.29) is 6.61 Å². The van der Waals surface area contributed by atoms with E-state index in [0.717, 1.165) is 25.0 Å². The normalized spacial score (nSPS) is 26.5. The smallest absolute Gasteiger partial charge is 0.323 e. The van der Waals surface area contributed by atoms with Crippen LogP contribution in [0.25, 0.3) is 0 Å². The van der Waals surface area contributed by atoms with Crippen molar-refractivity contribution >= 4 is 19.6 Å². The Bertz CT molecular complexity index is 923. The lowest BCUT2D eigenvalue weighted by molar-refractivity contribution is 0.153. The molecule has 0 bridgehead atoms. The number of phosphoric acid groups is 1. The van der Waals surface area contributed by atoms with Crippen molar-refractivity contribution in [1.29, 1.82) is 0 Å². The van der Waals surface area contributed by atoms with Crippen molar-refractivity contribution in [3.05, 3.63) is 59.4 Å². The number of hydrogen-bond acceptors (Lipinski definition) is 5. The SMILES string of the molecule is N[C@]1(COP(=O)(O)O)CC[C@H](c2ccc3c(c2)CC[C@@H](CSc2cccnc2)C3)C1. The molecule has 1 aromatic heterocycles. The highest BCUT2D eigenvalue weighted by Gasteiger charge is 2.38. The zero-order chi connectivity index (χ0) is 21.2. The van der Waals surface area contributed by atoms with Crippen molar-refractivity contribution in [2.24, 2.45) is 11.7 Å². The van der Waals surface area contributed by atoms with Crippen LogP contribution in [0.1, 0.15) is 48.3 Å². The third-order valence-electron chi connectivity index (χ3n) is 6.32. The molecule has 2 aliphatic rings. The van der Waals surface area contributed by atoms with Crippen LogP contribution in [0.3, 0.4) is 0 Å². The second-order valence-electron chi connectivity index (χ2n) is 8.70. The predicted octanol–water partition coefficient (Wildman–Crippen LogP) is 4.05. The molecule has 0 spiro atoms. The van der Waals surface area contributed by atoms with Crippen molar-refractivity contribution in [3.63, 3.8) is 0 Å². The van der Waals surface area contributed by atoms with Crippen molar-refractivity contribution in [2.75, 3.05) is 12.4 Å². The van der Waals surface area contributed by atoms with E-state index in [1.54, 1.807) is 0 Å². The fourth-order valence-corrected chi connectivity index (χ4v) is 6.13. The van der Waals surface area contributed by atoms with Crippen molar-refractivity contribution < 1.29 is 18.9 Å². The second-order valence-corrected chi connectivity index (χ2v) is 11.0. The van der Waals surface area contributed by atoms with E-state index in [2.05, 4.69) is 29.2 Å². The Labute approximate surface area is 181 Å². The van der Waals surface area contributed by atoms with Gasteiger partial charge in [-0.3, -0.25) is 9.51 Å². The number of thioether (sulfide) groups is 1. The minimum absolute atomic E-state index is 0.102. The third-order valence-corrected chi connectivity index (χ3v) is 7.99. The van der Waals surface area contributed by atoms with E-state index < -0.39 is 13.4 Å². The topological polar surface area (TPSA) is 106 Å². The molecule has 3 atom stereocenters. The summed E-state index contributed by atoms with van der Waals surface area (Å²) in [7, 11) is -4.49. The number of hydrogen-bond donors (Lipinski definition) is 3. The summed E-state index contributed by atoms with van der Waals surface area (Å²) < 4.78 is 15.7. The lowest BCUT2D eigenvalue weighted by atomic mass is 9.82. The summed E-state index contributed by atoms with van der Waals surface area (Å²) in [5.74, 6) is 2.12. The van der Waals surface area contributed by atoms with Gasteiger partial charge in [0.25, 0.3) is 0 Å². The maximum atomic E-state index is 11.0. The first kappa shape index (κ1) is 22.0. The van der Waals surface area contributed by atoms with Gasteiger partial charge >= 0.3 is 7.82 Å². The first-order chi connectivity index (χ1) is 14.3. The molecule has 30 heavy (non-hydrogen) atoms. The molecule has 6 nitrogen and oxygen atoms in total. The molecule has 0 unspecified atom stereocenters. The predicted molar refractivity (Wildman–Crippen MR) is 118 cm³/mol. The molecule has 2 aromatic rings. The maximum absolute atomic E-state index is 11.0. The van der Waals surface area contributed by atoms with Gasteiger partial charge in [-0.2, -0.15) is 0 Å². The Kier molecular flexibility index (Phi) is 6.68. The second kappa shape index (κ2) is 9.11. The fraction of sp³-hybridized carbons (Fsp3) is 0.500. The van der Waals surface area contributed by atoms with Crippen LogP contribution in [0.15, 0.2) is 47.6 Å². The molecule has 1 aromatic carbocycles. The number of rotatable bonds is 7. The van der Waals surface area contributed by atoms with E-state index in [9.17, 15) is 4.57 Å². The molecule has 162 valence electrons. The zero-order valence-corrected chi connectivity index (χ0v) is 18.7. The van der Waals surface area contributed by atoms with Crippen molar-refractivity contribution in [3.8, 4) is 0 Å². The summed E-state index contributed by atoms with van der Waals surface area (Å²) in [6.07, 6.45) is 9.47. The highest BCUT2D eigenvalue weighted by Crippen LogP contribution is 2.44. The molecular weight excluding hydrogens is 419 g/mol. The van der Waals surface area contributed by atoms with Gasteiger partial charge in [-0.15, -0.1) is 11.8 Å². The number of pyridine rings is 1. The largest absolute Gasteiger partial charge is 0.469 e. The van der Waals surface area contributed by atoms with Gasteiger partial charge in [-0.05, 0) is 79.2 Å². The summed E-state index contributed by atoms with van der Waals surface area (Å²) in [6, 6.07) is 10.9. The summed E-state index contributed by atoms with van der Waals surface area (Å²) in [4.78, 5) is 23.3. The van der Waals surface area contributed by atoms with Gasteiger partial charge in [0.1, 0.15) is 0 Å². The Morgan fingerprint density at radius 1 is 1.27 bits per heavy atom. The number of aromatic nitrogens is 1. The summed E-state index contributed by atoms with van der Waals surface area (Å²) >= 11 is 1.89. The average molecular weight is 449 g/mol. The molecular formula is C22H29N2O4PS. The van der Waals surface area contributed by atoms with Crippen molar-refractivity contribution in [1.82, 2.24) is 4.98 Å². The number of nitrogens with zero attached hydrogens (tertiary/aromatic N) is 1. The van der Waals surface area contributed by atoms with Gasteiger partial charge in [0.2, 0.25) is 0 Å². The van der Waals surface area contributed by atoms with Gasteiger partial charge in [0.05, 0.1) is 6.61 Å². The molecule has 4 rings (SSSR count). The molecule has 0 aliphatic heterocycles. The Morgan fingerprint density at radius 3 is 2.90 bits per heavy atom. The molecule has 4 N–H and O–H groups in total. The lowest BCUT2D eigenvalue weighted by Crippen LogP contribution is -2.41. The molecule has 1 saturated carbocycles. The standard InChI is InChI=1S/C22H29N2O4PS/c23-22(15-28-29(25,26)27)8-7-20(12-22)19-6-5-17-10-16(3-4-18(17)11-19)14-30-21-2-1-9-24-13-21/h1-2,5-6,9,11,13,16,20H,3-4,7-8,10,12,14-15,23H2,(H2,25,26,27)/t16-,20+,22-/m1/s1. The fourth-order valence-electron chi connectivity index (χ4n) is 4.68. The monoisotopic (exact) mass is 448 g/mol. The molecule has 8 heteroatoms. The minimum atomic E-state index is -4.49. The van der Waals surface area contributed by atoms with Gasteiger partial charge in [0.15, 0.2) is 0 Å². The quantitative estimate of drug-likeness (QED) is 0.433. The van der Waals surface area contributed by atoms with E-state index in [4.69, 9.17) is 20.0 Å². The van der Waals surface area contributed by atoms with E-state index in [0.29, 0.717) is 24.7 Å². The maximum Gasteiger partial charge on any atom is 0.469 e. The van der Waals surface area contributed by atoms with Crippen LogP contribution in [0.2, 0.25) is 0 Å². The first-order valence-corrected chi connectivity index (χ1v) is 12.9. The number of fused-ring (bicyclic) bond motifs is 1. The Hall–Kier alpha value is -1.21. The van der Waals surface area contributed by atoms with Gasteiger partial charge in [0, 0.05) is 28.6 Å². The molecule has 0 radical (unpaired) electrons. The van der Waals surface area contributed by atoms with E-state index in [1.165, 1.54) is 28.0 Å². The van der Waals surface area contributed by atoms with Crippen LogP contribution in [-0.4, -0.2) is 32.7 Å². The number of benzene rings is 1. The van der Waals surface area contributed by atoms with Gasteiger partial charge < -0.3 is 15.5 Å². The lowest BCUT2D eigenvalue weighted by Gasteiger charge is -2.26. The summed E-state index contributed by atoms with van der Waals surface area (Å²) in [5, 5.41) is 0. The van der Waals surface area contributed by atoms with Crippen LogP contribution in [0, 0.1) is 5.92 Å². The Balaban J connectivity index is 1.34. The Morgan fingerprint density at radius 2 is 2.13 bits per heavy atom.